The van der Waals surface area contributed by atoms with E-state index in [0.29, 0.717) is 6.42 Å². The minimum atomic E-state index is 0.550. The highest BCUT2D eigenvalue weighted by Crippen LogP contribution is 2.12. The predicted molar refractivity (Wildman–Crippen MR) is 85.1 cm³/mol. The van der Waals surface area contributed by atoms with Crippen LogP contribution in [0.3, 0.4) is 0 Å². The summed E-state index contributed by atoms with van der Waals surface area (Å²) in [5.74, 6) is 0. The van der Waals surface area contributed by atoms with Gasteiger partial charge in [0.25, 0.3) is 0 Å². The van der Waals surface area contributed by atoms with Gasteiger partial charge < -0.3 is 0 Å². The van der Waals surface area contributed by atoms with Gasteiger partial charge in [0.05, 0.1) is 0 Å². The van der Waals surface area contributed by atoms with E-state index < -0.39 is 0 Å². The Bertz CT molecular complexity index is 196. The first-order valence-electron chi connectivity index (χ1n) is 8.41. The van der Waals surface area contributed by atoms with Crippen LogP contribution >= 0.6 is 0 Å². The molecule has 0 aliphatic rings. The van der Waals surface area contributed by atoms with Crippen molar-refractivity contribution in [3.8, 4) is 0 Å². The minimum Gasteiger partial charge on any atom is -0.291 e. The van der Waals surface area contributed by atoms with E-state index in [1.54, 1.807) is 0 Å². The summed E-state index contributed by atoms with van der Waals surface area (Å²) in [5.41, 5.74) is 0. The largest absolute Gasteiger partial charge is 0.291 e. The third kappa shape index (κ3) is 17.4. The fraction of sp³-hybridized carbons (Fsp3) is 0.833. The highest BCUT2D eigenvalue weighted by atomic mass is 16.1. The quantitative estimate of drug-likeness (QED) is 0.257. The number of hydrogen-bond donors (Lipinski definition) is 0. The topological polar surface area (TPSA) is 17.1 Å². The first-order valence-corrected chi connectivity index (χ1v) is 8.41. The summed E-state index contributed by atoms with van der Waals surface area (Å²) in [6.07, 6.45) is 24.2. The zero-order chi connectivity index (χ0) is 14.0. The fourth-order valence-corrected chi connectivity index (χ4v) is 2.30. The molecule has 0 heterocycles. The smallest absolute Gasteiger partial charge is 0.198 e. The van der Waals surface area contributed by atoms with Crippen LogP contribution in [0, 0.1) is 0 Å². The molecule has 1 heteroatoms. The van der Waals surface area contributed by atoms with Crippen molar-refractivity contribution in [2.75, 3.05) is 0 Å². The van der Waals surface area contributed by atoms with Crippen molar-refractivity contribution in [3.05, 3.63) is 12.2 Å². The van der Waals surface area contributed by atoms with E-state index in [9.17, 15) is 4.79 Å². The molecule has 0 aromatic heterocycles. The Morgan fingerprint density at radius 3 is 1.68 bits per heavy atom. The van der Waals surface area contributed by atoms with Crippen LogP contribution in [-0.2, 0) is 4.79 Å². The van der Waals surface area contributed by atoms with Crippen LogP contribution in [0.1, 0.15) is 96.8 Å². The van der Waals surface area contributed by atoms with Gasteiger partial charge in [-0.15, -0.1) is 0 Å². The molecule has 1 radical (unpaired) electrons. The maximum atomic E-state index is 9.98. The Morgan fingerprint density at radius 2 is 1.16 bits per heavy atom. The monoisotopic (exact) mass is 265 g/mol. The van der Waals surface area contributed by atoms with E-state index >= 15 is 0 Å². The lowest BCUT2D eigenvalue weighted by Gasteiger charge is -2.01. The summed E-state index contributed by atoms with van der Waals surface area (Å²) in [7, 11) is 0. The highest BCUT2D eigenvalue weighted by molar-refractivity contribution is 5.50. The highest BCUT2D eigenvalue weighted by Gasteiger charge is 1.92. The standard InChI is InChI=1S/C18H33O/c1-2-3-4-5-6-7-8-9-10-11-12-13-14-15-16-17-18-19/h14-15H,2-13,16-17H2,1H3. The molecule has 1 nitrogen and oxygen atoms in total. The number of unbranched alkanes of at least 4 members (excludes halogenated alkanes) is 12. The second-order valence-electron chi connectivity index (χ2n) is 5.48. The van der Waals surface area contributed by atoms with Crippen molar-refractivity contribution >= 4 is 6.29 Å². The second-order valence-corrected chi connectivity index (χ2v) is 5.48. The van der Waals surface area contributed by atoms with Gasteiger partial charge >= 0.3 is 0 Å². The average molecular weight is 265 g/mol. The van der Waals surface area contributed by atoms with Crippen LogP contribution in [-0.4, -0.2) is 6.29 Å². The van der Waals surface area contributed by atoms with Crippen molar-refractivity contribution in [2.24, 2.45) is 0 Å². The van der Waals surface area contributed by atoms with Crippen LogP contribution in [0.5, 0.6) is 0 Å². The summed E-state index contributed by atoms with van der Waals surface area (Å²) in [6.45, 7) is 2.27. The first kappa shape index (κ1) is 18.4. The van der Waals surface area contributed by atoms with Gasteiger partial charge in [0.15, 0.2) is 6.29 Å². The summed E-state index contributed by atoms with van der Waals surface area (Å²) in [6, 6.07) is 0. The van der Waals surface area contributed by atoms with Gasteiger partial charge in [0.1, 0.15) is 0 Å². The van der Waals surface area contributed by atoms with E-state index in [0.717, 1.165) is 6.42 Å². The summed E-state index contributed by atoms with van der Waals surface area (Å²) >= 11 is 0. The zero-order valence-electron chi connectivity index (χ0n) is 13.0. The first-order chi connectivity index (χ1) is 9.41. The molecule has 0 rings (SSSR count). The van der Waals surface area contributed by atoms with Crippen molar-refractivity contribution in [1.29, 1.82) is 0 Å². The molecule has 111 valence electrons. The Kier molecular flexibility index (Phi) is 16.9. The molecular formula is C18H33O. The molecule has 0 fully saturated rings. The summed E-state index contributed by atoms with van der Waals surface area (Å²) in [5, 5.41) is 0. The normalized spacial score (nSPS) is 11.2. The van der Waals surface area contributed by atoms with E-state index in [-0.39, 0.29) is 0 Å². The minimum absolute atomic E-state index is 0.550. The number of allylic oxidation sites excluding steroid dienone is 2. The number of hydrogen-bond acceptors (Lipinski definition) is 1. The third-order valence-electron chi connectivity index (χ3n) is 3.55. The SMILES string of the molecule is CCCCCCCCCCCCCC=CCC[C]=O. The molecule has 0 atom stereocenters. The van der Waals surface area contributed by atoms with Crippen LogP contribution in [0.25, 0.3) is 0 Å². The van der Waals surface area contributed by atoms with Crippen LogP contribution < -0.4 is 0 Å². The lowest BCUT2D eigenvalue weighted by Crippen LogP contribution is -1.82. The summed E-state index contributed by atoms with van der Waals surface area (Å²) in [4.78, 5) is 9.98. The predicted octanol–water partition coefficient (Wildman–Crippen LogP) is 6.13. The summed E-state index contributed by atoms with van der Waals surface area (Å²) < 4.78 is 0. The van der Waals surface area contributed by atoms with Gasteiger partial charge in [-0.1, -0.05) is 83.3 Å². The molecule has 0 spiro atoms. The lowest BCUT2D eigenvalue weighted by atomic mass is 10.1. The number of rotatable bonds is 15. The molecule has 0 unspecified atom stereocenters. The Labute approximate surface area is 120 Å². The average Bonchev–Trinajstić information content (AvgIpc) is 2.43. The van der Waals surface area contributed by atoms with Gasteiger partial charge in [0.2, 0.25) is 0 Å². The van der Waals surface area contributed by atoms with Crippen molar-refractivity contribution in [1.82, 2.24) is 0 Å². The molecule has 0 bridgehead atoms. The van der Waals surface area contributed by atoms with Gasteiger partial charge in [0, 0.05) is 6.42 Å². The molecule has 0 aromatic carbocycles. The molecule has 0 aliphatic carbocycles. The molecule has 0 saturated heterocycles. The Morgan fingerprint density at radius 1 is 0.684 bits per heavy atom. The van der Waals surface area contributed by atoms with E-state index in [4.69, 9.17) is 0 Å². The van der Waals surface area contributed by atoms with Gasteiger partial charge in [-0.25, -0.2) is 0 Å². The van der Waals surface area contributed by atoms with Gasteiger partial charge in [-0.3, -0.25) is 4.79 Å². The maximum absolute atomic E-state index is 9.98. The second kappa shape index (κ2) is 17.4. The third-order valence-corrected chi connectivity index (χ3v) is 3.55. The Balaban J connectivity index is 2.98. The molecule has 0 N–H and O–H groups in total. The molecule has 0 saturated carbocycles. The fourth-order valence-electron chi connectivity index (χ4n) is 2.30. The van der Waals surface area contributed by atoms with Crippen LogP contribution in [0.15, 0.2) is 12.2 Å². The zero-order valence-corrected chi connectivity index (χ0v) is 13.0. The maximum Gasteiger partial charge on any atom is 0.198 e. The van der Waals surface area contributed by atoms with Crippen LogP contribution in [0.4, 0.5) is 0 Å². The van der Waals surface area contributed by atoms with Crippen molar-refractivity contribution in [2.45, 2.75) is 96.8 Å². The van der Waals surface area contributed by atoms with Gasteiger partial charge in [-0.2, -0.15) is 0 Å². The Hall–Kier alpha value is -0.590. The van der Waals surface area contributed by atoms with E-state index in [2.05, 4.69) is 19.1 Å². The van der Waals surface area contributed by atoms with Crippen molar-refractivity contribution < 1.29 is 4.79 Å². The molecule has 0 aromatic rings. The van der Waals surface area contributed by atoms with Crippen LogP contribution in [0.2, 0.25) is 0 Å². The number of carbonyl (C=O) groups excluding carboxylic acids is 1. The molecule has 19 heavy (non-hydrogen) atoms. The molecular weight excluding hydrogens is 232 g/mol. The molecule has 0 aliphatic heterocycles. The lowest BCUT2D eigenvalue weighted by molar-refractivity contribution is 0.550. The van der Waals surface area contributed by atoms with Crippen molar-refractivity contribution in [3.63, 3.8) is 0 Å². The van der Waals surface area contributed by atoms with Gasteiger partial charge in [-0.05, 0) is 19.3 Å². The van der Waals surface area contributed by atoms with E-state index in [1.165, 1.54) is 77.0 Å². The molecule has 0 amide bonds. The van der Waals surface area contributed by atoms with E-state index in [1.807, 2.05) is 6.29 Å².